The fraction of sp³-hybridized carbons (Fsp3) is 0.318. The first-order chi connectivity index (χ1) is 13.9. The van der Waals surface area contributed by atoms with Crippen LogP contribution in [0.2, 0.25) is 0 Å². The van der Waals surface area contributed by atoms with Gasteiger partial charge in [-0.05, 0) is 49.9 Å². The van der Waals surface area contributed by atoms with Gasteiger partial charge in [-0.2, -0.15) is 0 Å². The summed E-state index contributed by atoms with van der Waals surface area (Å²) >= 11 is 1.59. The van der Waals surface area contributed by atoms with E-state index in [1.54, 1.807) is 16.7 Å². The van der Waals surface area contributed by atoms with Crippen LogP contribution < -0.4 is 10.2 Å². The Bertz CT molecular complexity index is 944. The number of hydrogen-bond donors (Lipinski definition) is 1. The molecule has 0 unspecified atom stereocenters. The van der Waals surface area contributed by atoms with Gasteiger partial charge in [0.25, 0.3) is 5.91 Å². The predicted molar refractivity (Wildman–Crippen MR) is 114 cm³/mol. The van der Waals surface area contributed by atoms with Gasteiger partial charge < -0.3 is 15.0 Å². The number of nitrogens with one attached hydrogen (secondary N) is 1. The largest absolute Gasteiger partial charge is 0.455 e. The van der Waals surface area contributed by atoms with Crippen molar-refractivity contribution in [1.29, 1.82) is 0 Å². The van der Waals surface area contributed by atoms with Crippen LogP contribution in [-0.2, 0) is 19.1 Å². The molecule has 2 aromatic rings. The maximum absolute atomic E-state index is 12.4. The fourth-order valence-electron chi connectivity index (χ4n) is 3.29. The lowest BCUT2D eigenvalue weighted by molar-refractivity contribution is -0.151. The van der Waals surface area contributed by atoms with E-state index in [0.717, 1.165) is 21.7 Å². The van der Waals surface area contributed by atoms with Gasteiger partial charge in [-0.25, -0.2) is 0 Å². The second-order valence-corrected chi connectivity index (χ2v) is 7.96. The number of thioether (sulfide) groups is 1. The molecule has 1 saturated heterocycles. The van der Waals surface area contributed by atoms with Crippen molar-refractivity contribution in [3.63, 3.8) is 0 Å². The zero-order valence-electron chi connectivity index (χ0n) is 16.7. The van der Waals surface area contributed by atoms with Crippen LogP contribution in [0.3, 0.4) is 0 Å². The Kier molecular flexibility index (Phi) is 6.59. The molecule has 1 atom stereocenters. The topological polar surface area (TPSA) is 75.7 Å². The highest BCUT2D eigenvalue weighted by molar-refractivity contribution is 7.98. The van der Waals surface area contributed by atoms with Gasteiger partial charge in [-0.15, -0.1) is 11.8 Å². The average molecular weight is 413 g/mol. The summed E-state index contributed by atoms with van der Waals surface area (Å²) in [5.41, 5.74) is 3.50. The molecule has 29 heavy (non-hydrogen) atoms. The van der Waals surface area contributed by atoms with E-state index < -0.39 is 17.8 Å². The highest BCUT2D eigenvalue weighted by Crippen LogP contribution is 2.28. The molecule has 0 aromatic heterocycles. The number of esters is 1. The summed E-state index contributed by atoms with van der Waals surface area (Å²) < 4.78 is 5.17. The Hall–Kier alpha value is -2.80. The second kappa shape index (κ2) is 9.13. The minimum atomic E-state index is -0.575. The summed E-state index contributed by atoms with van der Waals surface area (Å²) in [5, 5.41) is 2.74. The molecule has 3 rings (SSSR count). The number of carbonyl (C=O) groups excluding carboxylic acids is 3. The molecule has 0 spiro atoms. The van der Waals surface area contributed by atoms with Gasteiger partial charge in [-0.1, -0.05) is 23.8 Å². The molecule has 6 nitrogen and oxygen atoms in total. The first-order valence-electron chi connectivity index (χ1n) is 9.35. The van der Waals surface area contributed by atoms with Crippen molar-refractivity contribution in [1.82, 2.24) is 0 Å². The first kappa shape index (κ1) is 20.9. The Morgan fingerprint density at radius 2 is 2.00 bits per heavy atom. The molecule has 1 N–H and O–H groups in total. The molecule has 0 bridgehead atoms. The number of rotatable bonds is 6. The van der Waals surface area contributed by atoms with Crippen LogP contribution in [0.15, 0.2) is 47.4 Å². The van der Waals surface area contributed by atoms with Gasteiger partial charge >= 0.3 is 5.97 Å². The normalized spacial score (nSPS) is 16.0. The Morgan fingerprint density at radius 1 is 1.21 bits per heavy atom. The van der Waals surface area contributed by atoms with Crippen molar-refractivity contribution < 1.29 is 19.1 Å². The van der Waals surface area contributed by atoms with Crippen LogP contribution in [-0.4, -0.2) is 37.2 Å². The number of amides is 2. The molecule has 1 fully saturated rings. The molecule has 0 aliphatic carbocycles. The van der Waals surface area contributed by atoms with E-state index in [1.807, 2.05) is 62.6 Å². The molecule has 152 valence electrons. The molecule has 7 heteroatoms. The van der Waals surface area contributed by atoms with Gasteiger partial charge in [0.15, 0.2) is 6.61 Å². The monoisotopic (exact) mass is 412 g/mol. The van der Waals surface area contributed by atoms with Gasteiger partial charge in [0.1, 0.15) is 0 Å². The summed E-state index contributed by atoms with van der Waals surface area (Å²) in [5.74, 6) is -1.63. The van der Waals surface area contributed by atoms with Crippen molar-refractivity contribution in [3.8, 4) is 0 Å². The van der Waals surface area contributed by atoms with Crippen molar-refractivity contribution in [2.24, 2.45) is 5.92 Å². The number of hydrogen-bond acceptors (Lipinski definition) is 5. The summed E-state index contributed by atoms with van der Waals surface area (Å²) in [4.78, 5) is 39.5. The average Bonchev–Trinajstić information content (AvgIpc) is 3.10. The van der Waals surface area contributed by atoms with E-state index in [4.69, 9.17) is 4.74 Å². The van der Waals surface area contributed by atoms with Crippen LogP contribution in [0.4, 0.5) is 11.4 Å². The third-order valence-electron chi connectivity index (χ3n) is 4.82. The van der Waals surface area contributed by atoms with E-state index in [-0.39, 0.29) is 25.5 Å². The summed E-state index contributed by atoms with van der Waals surface area (Å²) in [6.07, 6.45) is 2.05. The number of aryl methyl sites for hydroxylation is 2. The smallest absolute Gasteiger partial charge is 0.311 e. The lowest BCUT2D eigenvalue weighted by Gasteiger charge is -2.17. The molecule has 1 heterocycles. The van der Waals surface area contributed by atoms with Crippen molar-refractivity contribution in [2.75, 3.05) is 29.6 Å². The minimum absolute atomic E-state index is 0.0843. The van der Waals surface area contributed by atoms with E-state index >= 15 is 0 Å². The van der Waals surface area contributed by atoms with E-state index in [0.29, 0.717) is 5.69 Å². The Balaban J connectivity index is 1.54. The van der Waals surface area contributed by atoms with Crippen LogP contribution in [0.25, 0.3) is 0 Å². The molecule has 1 aliphatic heterocycles. The first-order valence-corrected chi connectivity index (χ1v) is 10.6. The van der Waals surface area contributed by atoms with Crippen LogP contribution in [0.1, 0.15) is 17.5 Å². The second-order valence-electron chi connectivity index (χ2n) is 7.08. The van der Waals surface area contributed by atoms with E-state index in [1.165, 1.54) is 0 Å². The minimum Gasteiger partial charge on any atom is -0.455 e. The van der Waals surface area contributed by atoms with Gasteiger partial charge in [0.2, 0.25) is 5.91 Å². The number of ether oxygens (including phenoxy) is 1. The number of carbonyl (C=O) groups is 3. The predicted octanol–water partition coefficient (Wildman–Crippen LogP) is 3.56. The molecular weight excluding hydrogens is 388 g/mol. The molecule has 1 aliphatic rings. The number of anilines is 2. The van der Waals surface area contributed by atoms with Crippen molar-refractivity contribution >= 4 is 40.9 Å². The standard InChI is InChI=1S/C22H24N2O4S/c1-14-7-8-19(15(2)9-14)23-20(25)13-28-22(27)16-10-21(26)24(12-16)17-5-4-6-18(11-17)29-3/h4-9,11,16H,10,12-13H2,1-3H3,(H,23,25)/t16-/m0/s1. The van der Waals surface area contributed by atoms with Gasteiger partial charge in [0.05, 0.1) is 5.92 Å². The summed E-state index contributed by atoms with van der Waals surface area (Å²) in [6, 6.07) is 13.3. The van der Waals surface area contributed by atoms with E-state index in [9.17, 15) is 14.4 Å². The van der Waals surface area contributed by atoms with Crippen LogP contribution >= 0.6 is 11.8 Å². The van der Waals surface area contributed by atoms with Gasteiger partial charge in [-0.3, -0.25) is 14.4 Å². The van der Waals surface area contributed by atoms with Crippen LogP contribution in [0.5, 0.6) is 0 Å². The fourth-order valence-corrected chi connectivity index (χ4v) is 3.74. The molecule has 0 saturated carbocycles. The maximum atomic E-state index is 12.4. The summed E-state index contributed by atoms with van der Waals surface area (Å²) in [6.45, 7) is 3.76. The zero-order chi connectivity index (χ0) is 21.0. The maximum Gasteiger partial charge on any atom is 0.311 e. The zero-order valence-corrected chi connectivity index (χ0v) is 17.5. The van der Waals surface area contributed by atoms with Gasteiger partial charge in [0, 0.05) is 29.2 Å². The third-order valence-corrected chi connectivity index (χ3v) is 5.55. The number of benzene rings is 2. The summed E-state index contributed by atoms with van der Waals surface area (Å²) in [7, 11) is 0. The Labute approximate surface area is 174 Å². The lowest BCUT2D eigenvalue weighted by Crippen LogP contribution is -2.28. The van der Waals surface area contributed by atoms with E-state index in [2.05, 4.69) is 5.32 Å². The SMILES string of the molecule is CSc1cccc(N2C[C@@H](C(=O)OCC(=O)Nc3ccc(C)cc3C)CC2=O)c1. The highest BCUT2D eigenvalue weighted by atomic mass is 32.2. The number of nitrogens with zero attached hydrogens (tertiary/aromatic N) is 1. The molecule has 0 radical (unpaired) electrons. The molecular formula is C22H24N2O4S. The van der Waals surface area contributed by atoms with Crippen molar-refractivity contribution in [3.05, 3.63) is 53.6 Å². The molecule has 2 aromatic carbocycles. The quantitative estimate of drug-likeness (QED) is 0.580. The lowest BCUT2D eigenvalue weighted by atomic mass is 10.1. The van der Waals surface area contributed by atoms with Crippen LogP contribution in [0, 0.1) is 19.8 Å². The third kappa shape index (κ3) is 5.17. The Morgan fingerprint density at radius 3 is 2.72 bits per heavy atom. The molecule has 2 amide bonds. The van der Waals surface area contributed by atoms with Crippen molar-refractivity contribution in [2.45, 2.75) is 25.2 Å². The highest BCUT2D eigenvalue weighted by Gasteiger charge is 2.36.